The number of carbonyl (C=O) groups excluding carboxylic acids is 1. The first kappa shape index (κ1) is 21.2. The number of morpholine rings is 1. The minimum atomic E-state index is -3.55. The molecular formula is C20H31N3O4S. The maximum absolute atomic E-state index is 12.9. The maximum Gasteiger partial charge on any atom is 0.251 e. The van der Waals surface area contributed by atoms with E-state index < -0.39 is 10.0 Å². The van der Waals surface area contributed by atoms with Gasteiger partial charge in [0.2, 0.25) is 10.0 Å². The summed E-state index contributed by atoms with van der Waals surface area (Å²) in [6.45, 7) is 8.85. The summed E-state index contributed by atoms with van der Waals surface area (Å²) in [5, 5.41) is 2.96. The molecule has 7 nitrogen and oxygen atoms in total. The van der Waals surface area contributed by atoms with Crippen molar-refractivity contribution in [3.8, 4) is 0 Å². The molecule has 2 aliphatic heterocycles. The SMILES string of the molecule is CC(C)(CNC(=O)c1cccc(S(=O)(=O)N2CCCCC2)c1)N1CCOCC1. The van der Waals surface area contributed by atoms with E-state index in [1.54, 1.807) is 18.2 Å². The third-order valence-electron chi connectivity index (χ3n) is 5.60. The molecule has 2 aliphatic rings. The molecule has 8 heteroatoms. The minimum Gasteiger partial charge on any atom is -0.379 e. The van der Waals surface area contributed by atoms with Crippen LogP contribution in [0.3, 0.4) is 0 Å². The van der Waals surface area contributed by atoms with Crippen LogP contribution < -0.4 is 5.32 Å². The fourth-order valence-electron chi connectivity index (χ4n) is 3.73. The van der Waals surface area contributed by atoms with Crippen LogP contribution in [0.5, 0.6) is 0 Å². The van der Waals surface area contributed by atoms with Gasteiger partial charge in [-0.25, -0.2) is 8.42 Å². The summed E-state index contributed by atoms with van der Waals surface area (Å²) in [7, 11) is -3.55. The van der Waals surface area contributed by atoms with Crippen molar-refractivity contribution in [3.63, 3.8) is 0 Å². The van der Waals surface area contributed by atoms with Gasteiger partial charge in [0.15, 0.2) is 0 Å². The van der Waals surface area contributed by atoms with Gasteiger partial charge >= 0.3 is 0 Å². The second-order valence-corrected chi connectivity index (χ2v) is 10.0. The number of benzene rings is 1. The van der Waals surface area contributed by atoms with E-state index in [1.807, 2.05) is 0 Å². The Labute approximate surface area is 168 Å². The number of sulfonamides is 1. The fourth-order valence-corrected chi connectivity index (χ4v) is 5.29. The number of piperidine rings is 1. The van der Waals surface area contributed by atoms with Crippen molar-refractivity contribution in [2.45, 2.75) is 43.5 Å². The molecule has 0 radical (unpaired) electrons. The molecule has 0 aromatic heterocycles. The number of nitrogens with one attached hydrogen (secondary N) is 1. The van der Waals surface area contributed by atoms with Crippen molar-refractivity contribution < 1.29 is 17.9 Å². The van der Waals surface area contributed by atoms with Gasteiger partial charge in [-0.1, -0.05) is 12.5 Å². The fraction of sp³-hybridized carbons (Fsp3) is 0.650. The molecule has 0 saturated carbocycles. The third-order valence-corrected chi connectivity index (χ3v) is 7.49. The van der Waals surface area contributed by atoms with E-state index in [9.17, 15) is 13.2 Å². The normalized spacial score (nSPS) is 20.1. The highest BCUT2D eigenvalue weighted by Gasteiger charge is 2.29. The molecule has 2 heterocycles. The Morgan fingerprint density at radius 2 is 1.79 bits per heavy atom. The summed E-state index contributed by atoms with van der Waals surface area (Å²) in [6, 6.07) is 6.35. The van der Waals surface area contributed by atoms with Gasteiger partial charge in [-0.2, -0.15) is 4.31 Å². The largest absolute Gasteiger partial charge is 0.379 e. The topological polar surface area (TPSA) is 79.0 Å². The average Bonchev–Trinajstić information content (AvgIpc) is 2.73. The highest BCUT2D eigenvalue weighted by Crippen LogP contribution is 2.21. The number of hydrogen-bond acceptors (Lipinski definition) is 5. The predicted octanol–water partition coefficient (Wildman–Crippen LogP) is 1.70. The van der Waals surface area contributed by atoms with Gasteiger partial charge in [0, 0.05) is 43.8 Å². The van der Waals surface area contributed by atoms with Crippen LogP contribution in [0.25, 0.3) is 0 Å². The highest BCUT2D eigenvalue weighted by molar-refractivity contribution is 7.89. The molecule has 0 aliphatic carbocycles. The zero-order valence-corrected chi connectivity index (χ0v) is 17.6. The van der Waals surface area contributed by atoms with E-state index in [-0.39, 0.29) is 16.3 Å². The van der Waals surface area contributed by atoms with Gasteiger partial charge < -0.3 is 10.1 Å². The molecule has 156 valence electrons. The lowest BCUT2D eigenvalue weighted by molar-refractivity contribution is -0.00923. The van der Waals surface area contributed by atoms with Gasteiger partial charge in [-0.05, 0) is 44.9 Å². The number of hydrogen-bond donors (Lipinski definition) is 1. The Hall–Kier alpha value is -1.48. The zero-order chi connectivity index (χ0) is 20.2. The van der Waals surface area contributed by atoms with E-state index in [2.05, 4.69) is 24.1 Å². The quantitative estimate of drug-likeness (QED) is 0.774. The van der Waals surface area contributed by atoms with Crippen LogP contribution in [-0.2, 0) is 14.8 Å². The molecule has 0 bridgehead atoms. The molecule has 1 N–H and O–H groups in total. The standard InChI is InChI=1S/C20H31N3O4S/c1-20(2,22-11-13-27-14-12-22)16-21-19(24)17-7-6-8-18(15-17)28(25,26)23-9-4-3-5-10-23/h6-8,15H,3-5,9-14,16H2,1-2H3,(H,21,24). The zero-order valence-electron chi connectivity index (χ0n) is 16.8. The van der Waals surface area contributed by atoms with Crippen LogP contribution in [0, 0.1) is 0 Å². The molecule has 2 saturated heterocycles. The Morgan fingerprint density at radius 1 is 1.11 bits per heavy atom. The summed E-state index contributed by atoms with van der Waals surface area (Å²) >= 11 is 0. The van der Waals surface area contributed by atoms with Crippen molar-refractivity contribution in [1.82, 2.24) is 14.5 Å². The van der Waals surface area contributed by atoms with Gasteiger partial charge in [0.1, 0.15) is 0 Å². The number of carbonyl (C=O) groups is 1. The molecule has 1 aromatic carbocycles. The van der Waals surface area contributed by atoms with Crippen LogP contribution in [0.2, 0.25) is 0 Å². The second kappa shape index (κ2) is 8.90. The molecule has 0 spiro atoms. The van der Waals surface area contributed by atoms with Crippen LogP contribution in [-0.4, -0.2) is 75.0 Å². The van der Waals surface area contributed by atoms with Crippen molar-refractivity contribution in [2.75, 3.05) is 45.9 Å². The van der Waals surface area contributed by atoms with Crippen LogP contribution in [0.1, 0.15) is 43.5 Å². The van der Waals surface area contributed by atoms with E-state index in [1.165, 1.54) is 10.4 Å². The number of nitrogens with zero attached hydrogens (tertiary/aromatic N) is 2. The molecule has 1 amide bonds. The van der Waals surface area contributed by atoms with Crippen LogP contribution in [0.4, 0.5) is 0 Å². The first-order valence-corrected chi connectivity index (χ1v) is 11.5. The Kier molecular flexibility index (Phi) is 6.75. The lowest BCUT2D eigenvalue weighted by Crippen LogP contribution is -2.55. The molecule has 1 aromatic rings. The van der Waals surface area contributed by atoms with E-state index in [0.29, 0.717) is 38.4 Å². The first-order chi connectivity index (χ1) is 13.3. The molecule has 3 rings (SSSR count). The van der Waals surface area contributed by atoms with Crippen molar-refractivity contribution in [2.24, 2.45) is 0 Å². The van der Waals surface area contributed by atoms with Crippen molar-refractivity contribution in [3.05, 3.63) is 29.8 Å². The van der Waals surface area contributed by atoms with Gasteiger partial charge in [-0.15, -0.1) is 0 Å². The average molecular weight is 410 g/mol. The molecule has 0 unspecified atom stereocenters. The molecule has 2 fully saturated rings. The monoisotopic (exact) mass is 409 g/mol. The first-order valence-electron chi connectivity index (χ1n) is 10.0. The molecule has 0 atom stereocenters. The summed E-state index contributed by atoms with van der Waals surface area (Å²) in [6.07, 6.45) is 2.83. The number of rotatable bonds is 6. The number of amides is 1. The maximum atomic E-state index is 12.9. The Bertz CT molecular complexity index is 782. The lowest BCUT2D eigenvalue weighted by atomic mass is 10.0. The summed E-state index contributed by atoms with van der Waals surface area (Å²) in [5.41, 5.74) is 0.174. The summed E-state index contributed by atoms with van der Waals surface area (Å²) < 4.78 is 32.6. The Morgan fingerprint density at radius 3 is 2.46 bits per heavy atom. The van der Waals surface area contributed by atoms with Gasteiger partial charge in [-0.3, -0.25) is 9.69 Å². The lowest BCUT2D eigenvalue weighted by Gasteiger charge is -2.40. The van der Waals surface area contributed by atoms with Crippen molar-refractivity contribution >= 4 is 15.9 Å². The second-order valence-electron chi connectivity index (χ2n) is 8.09. The van der Waals surface area contributed by atoms with Crippen molar-refractivity contribution in [1.29, 1.82) is 0 Å². The summed E-state index contributed by atoms with van der Waals surface area (Å²) in [4.78, 5) is 15.2. The minimum absolute atomic E-state index is 0.189. The van der Waals surface area contributed by atoms with Gasteiger partial charge in [0.05, 0.1) is 18.1 Å². The highest BCUT2D eigenvalue weighted by atomic mass is 32.2. The van der Waals surface area contributed by atoms with Gasteiger partial charge in [0.25, 0.3) is 5.91 Å². The van der Waals surface area contributed by atoms with E-state index in [4.69, 9.17) is 4.74 Å². The molecular weight excluding hydrogens is 378 g/mol. The smallest absolute Gasteiger partial charge is 0.251 e. The van der Waals surface area contributed by atoms with Crippen LogP contribution in [0.15, 0.2) is 29.2 Å². The Balaban J connectivity index is 1.66. The van der Waals surface area contributed by atoms with E-state index in [0.717, 1.165) is 32.4 Å². The van der Waals surface area contributed by atoms with Crippen LogP contribution >= 0.6 is 0 Å². The summed E-state index contributed by atoms with van der Waals surface area (Å²) in [5.74, 6) is -0.253. The predicted molar refractivity (Wildman–Crippen MR) is 108 cm³/mol. The van der Waals surface area contributed by atoms with E-state index >= 15 is 0 Å². The number of ether oxygens (including phenoxy) is 1. The third kappa shape index (κ3) is 4.92. The molecule has 28 heavy (non-hydrogen) atoms.